The van der Waals surface area contributed by atoms with Gasteiger partial charge < -0.3 is 14.6 Å². The zero-order valence-electron chi connectivity index (χ0n) is 14.6. The van der Waals surface area contributed by atoms with Crippen molar-refractivity contribution in [3.8, 4) is 0 Å². The Balaban J connectivity index is 1.97. The highest BCUT2D eigenvalue weighted by molar-refractivity contribution is 7.91. The molecule has 1 aromatic heterocycles. The number of ether oxygens (including phenoxy) is 1. The SMILES string of the molecule is COC(=O)CNC(=O)Cn1cc(S(=O)(=O)c2ccccc2)c2ccccc21. The molecule has 0 aliphatic heterocycles. The van der Waals surface area contributed by atoms with E-state index in [4.69, 9.17) is 0 Å². The summed E-state index contributed by atoms with van der Waals surface area (Å²) in [6.07, 6.45) is 1.45. The van der Waals surface area contributed by atoms with E-state index < -0.39 is 21.7 Å². The molecule has 0 aliphatic carbocycles. The molecule has 0 saturated heterocycles. The quantitative estimate of drug-likeness (QED) is 0.652. The van der Waals surface area contributed by atoms with Crippen LogP contribution in [0.25, 0.3) is 10.9 Å². The number of amides is 1. The predicted octanol–water partition coefficient (Wildman–Crippen LogP) is 1.76. The lowest BCUT2D eigenvalue weighted by atomic mass is 10.2. The van der Waals surface area contributed by atoms with Gasteiger partial charge in [0.1, 0.15) is 13.1 Å². The van der Waals surface area contributed by atoms with E-state index >= 15 is 0 Å². The highest BCUT2D eigenvalue weighted by Gasteiger charge is 2.23. The van der Waals surface area contributed by atoms with E-state index in [9.17, 15) is 18.0 Å². The Bertz CT molecular complexity index is 1090. The van der Waals surface area contributed by atoms with Crippen LogP contribution in [0.5, 0.6) is 0 Å². The number of benzene rings is 2. The number of carbonyl (C=O) groups is 2. The van der Waals surface area contributed by atoms with Gasteiger partial charge in [0.25, 0.3) is 0 Å². The van der Waals surface area contributed by atoms with Crippen molar-refractivity contribution < 1.29 is 22.7 Å². The molecule has 1 heterocycles. The maximum atomic E-state index is 13.0. The number of sulfone groups is 1. The summed E-state index contributed by atoms with van der Waals surface area (Å²) in [6.45, 7) is -0.370. The Morgan fingerprint density at radius 1 is 1.04 bits per heavy atom. The maximum Gasteiger partial charge on any atom is 0.325 e. The molecule has 27 heavy (non-hydrogen) atoms. The molecule has 1 N–H and O–H groups in total. The minimum absolute atomic E-state index is 0.123. The molecule has 0 saturated carbocycles. The average molecular weight is 386 g/mol. The molecule has 7 nitrogen and oxygen atoms in total. The van der Waals surface area contributed by atoms with E-state index in [1.54, 1.807) is 47.0 Å². The van der Waals surface area contributed by atoms with Crippen LogP contribution in [-0.2, 0) is 30.7 Å². The molecule has 0 bridgehead atoms. The van der Waals surface area contributed by atoms with Crippen molar-refractivity contribution in [3.63, 3.8) is 0 Å². The van der Waals surface area contributed by atoms with Gasteiger partial charge in [0.2, 0.25) is 15.7 Å². The maximum absolute atomic E-state index is 13.0. The van der Waals surface area contributed by atoms with Crippen molar-refractivity contribution in [3.05, 3.63) is 60.8 Å². The Kier molecular flexibility index (Phi) is 5.27. The number of para-hydroxylation sites is 1. The van der Waals surface area contributed by atoms with Gasteiger partial charge in [-0.3, -0.25) is 9.59 Å². The van der Waals surface area contributed by atoms with Crippen LogP contribution in [0, 0.1) is 0 Å². The summed E-state index contributed by atoms with van der Waals surface area (Å²) in [7, 11) is -2.51. The molecular formula is C19H18N2O5S. The van der Waals surface area contributed by atoms with Crippen LogP contribution >= 0.6 is 0 Å². The van der Waals surface area contributed by atoms with Crippen molar-refractivity contribution in [2.45, 2.75) is 16.3 Å². The lowest BCUT2D eigenvalue weighted by Crippen LogP contribution is -2.32. The summed E-state index contributed by atoms with van der Waals surface area (Å²) in [5.74, 6) is -0.988. The normalized spacial score (nSPS) is 11.3. The zero-order valence-corrected chi connectivity index (χ0v) is 15.4. The molecule has 8 heteroatoms. The summed E-state index contributed by atoms with van der Waals surface area (Å²) in [5.41, 5.74) is 0.611. The van der Waals surface area contributed by atoms with Crippen molar-refractivity contribution in [2.24, 2.45) is 0 Å². The largest absolute Gasteiger partial charge is 0.468 e. The first kappa shape index (κ1) is 18.7. The van der Waals surface area contributed by atoms with Crippen LogP contribution in [0.3, 0.4) is 0 Å². The van der Waals surface area contributed by atoms with Gasteiger partial charge in [0, 0.05) is 17.1 Å². The highest BCUT2D eigenvalue weighted by Crippen LogP contribution is 2.30. The van der Waals surface area contributed by atoms with E-state index in [2.05, 4.69) is 10.1 Å². The van der Waals surface area contributed by atoms with Crippen LogP contribution in [0.2, 0.25) is 0 Å². The van der Waals surface area contributed by atoms with Gasteiger partial charge in [-0.25, -0.2) is 8.42 Å². The Labute approximate surface area is 156 Å². The second-order valence-electron chi connectivity index (χ2n) is 5.81. The van der Waals surface area contributed by atoms with Gasteiger partial charge in [0.15, 0.2) is 0 Å². The smallest absolute Gasteiger partial charge is 0.325 e. The number of fused-ring (bicyclic) bond motifs is 1. The Hall–Kier alpha value is -3.13. The summed E-state index contributed by atoms with van der Waals surface area (Å²) >= 11 is 0. The number of hydrogen-bond donors (Lipinski definition) is 1. The van der Waals surface area contributed by atoms with Gasteiger partial charge >= 0.3 is 5.97 Å². The second-order valence-corrected chi connectivity index (χ2v) is 7.73. The molecule has 3 rings (SSSR count). The van der Waals surface area contributed by atoms with Crippen LogP contribution in [0.4, 0.5) is 0 Å². The third kappa shape index (κ3) is 3.85. The molecule has 0 aliphatic rings. The van der Waals surface area contributed by atoms with Crippen LogP contribution in [0.15, 0.2) is 70.6 Å². The van der Waals surface area contributed by atoms with Gasteiger partial charge in [-0.1, -0.05) is 36.4 Å². The van der Waals surface area contributed by atoms with E-state index in [0.29, 0.717) is 10.9 Å². The van der Waals surface area contributed by atoms with Crippen LogP contribution in [-0.4, -0.2) is 38.5 Å². The van der Waals surface area contributed by atoms with Crippen LogP contribution < -0.4 is 5.32 Å². The molecule has 140 valence electrons. The fraction of sp³-hybridized carbons (Fsp3) is 0.158. The standard InChI is InChI=1S/C19H18N2O5S/c1-26-19(23)11-20-18(22)13-21-12-17(15-9-5-6-10-16(15)21)27(24,25)14-7-3-2-4-8-14/h2-10,12H,11,13H2,1H3,(H,20,22). The second kappa shape index (κ2) is 7.63. The molecule has 1 amide bonds. The first-order chi connectivity index (χ1) is 12.9. The number of nitrogens with zero attached hydrogens (tertiary/aromatic N) is 1. The van der Waals surface area contributed by atoms with E-state index in [1.165, 1.54) is 25.4 Å². The Morgan fingerprint density at radius 2 is 1.70 bits per heavy atom. The van der Waals surface area contributed by atoms with E-state index in [0.717, 1.165) is 0 Å². The zero-order chi connectivity index (χ0) is 19.4. The fourth-order valence-electron chi connectivity index (χ4n) is 2.74. The summed E-state index contributed by atoms with van der Waals surface area (Å²) in [6, 6.07) is 15.1. The Morgan fingerprint density at radius 3 is 2.41 bits per heavy atom. The monoisotopic (exact) mass is 386 g/mol. The lowest BCUT2D eigenvalue weighted by molar-refractivity contribution is -0.141. The highest BCUT2D eigenvalue weighted by atomic mass is 32.2. The third-order valence-corrected chi connectivity index (χ3v) is 5.86. The van der Waals surface area contributed by atoms with Crippen molar-refractivity contribution in [1.29, 1.82) is 0 Å². The minimum atomic E-state index is -3.74. The summed E-state index contributed by atoms with van der Waals surface area (Å²) in [4.78, 5) is 23.6. The minimum Gasteiger partial charge on any atom is -0.468 e. The third-order valence-electron chi connectivity index (χ3n) is 4.07. The fourth-order valence-corrected chi connectivity index (χ4v) is 4.24. The van der Waals surface area contributed by atoms with Crippen molar-refractivity contribution in [1.82, 2.24) is 9.88 Å². The van der Waals surface area contributed by atoms with Gasteiger partial charge in [-0.15, -0.1) is 0 Å². The molecule has 0 radical (unpaired) electrons. The topological polar surface area (TPSA) is 94.5 Å². The lowest BCUT2D eigenvalue weighted by Gasteiger charge is -2.06. The summed E-state index contributed by atoms with van der Waals surface area (Å²) in [5, 5.41) is 2.97. The molecule has 2 aromatic carbocycles. The van der Waals surface area contributed by atoms with Gasteiger partial charge in [-0.2, -0.15) is 0 Å². The summed E-state index contributed by atoms with van der Waals surface area (Å²) < 4.78 is 32.1. The molecule has 0 atom stereocenters. The van der Waals surface area contributed by atoms with Crippen molar-refractivity contribution >= 4 is 32.6 Å². The van der Waals surface area contributed by atoms with E-state index in [-0.39, 0.29) is 22.9 Å². The number of carbonyl (C=O) groups excluding carboxylic acids is 2. The number of methoxy groups -OCH3 is 1. The van der Waals surface area contributed by atoms with Crippen LogP contribution in [0.1, 0.15) is 0 Å². The average Bonchev–Trinajstić information content (AvgIpc) is 3.06. The molecule has 3 aromatic rings. The van der Waals surface area contributed by atoms with E-state index in [1.807, 2.05) is 0 Å². The van der Waals surface area contributed by atoms with Gasteiger partial charge in [-0.05, 0) is 18.2 Å². The number of aromatic nitrogens is 1. The number of hydrogen-bond acceptors (Lipinski definition) is 5. The number of rotatable bonds is 6. The molecule has 0 fully saturated rings. The number of nitrogens with one attached hydrogen (secondary N) is 1. The first-order valence-electron chi connectivity index (χ1n) is 8.15. The van der Waals surface area contributed by atoms with Gasteiger partial charge in [0.05, 0.1) is 16.9 Å². The van der Waals surface area contributed by atoms with Crippen molar-refractivity contribution in [2.75, 3.05) is 13.7 Å². The number of esters is 1. The molecule has 0 spiro atoms. The molecule has 0 unspecified atom stereocenters. The predicted molar refractivity (Wildman–Crippen MR) is 98.9 cm³/mol. The molecular weight excluding hydrogens is 368 g/mol. The first-order valence-corrected chi connectivity index (χ1v) is 9.63.